The predicted molar refractivity (Wildman–Crippen MR) is 163 cm³/mol. The third-order valence-corrected chi connectivity index (χ3v) is 8.41. The minimum Gasteiger partial charge on any atom is -0.459 e. The van der Waals surface area contributed by atoms with Crippen LogP contribution in [-0.2, 0) is 20.9 Å². The second-order valence-electron chi connectivity index (χ2n) is 11.7. The van der Waals surface area contributed by atoms with E-state index in [2.05, 4.69) is 23.7 Å². The van der Waals surface area contributed by atoms with Crippen molar-refractivity contribution < 1.29 is 19.1 Å². The molecule has 0 saturated heterocycles. The number of rotatable bonds is 7. The fourth-order valence-electron chi connectivity index (χ4n) is 5.65. The highest BCUT2D eigenvalue weighted by atomic mass is 32.1. The molecule has 0 amide bonds. The molecule has 3 heterocycles. The van der Waals surface area contributed by atoms with Crippen molar-refractivity contribution in [3.8, 4) is 27.7 Å². The number of fused-ring (bicyclic) bond motifs is 1. The van der Waals surface area contributed by atoms with E-state index < -0.39 is 17.5 Å². The number of benzene rings is 1. The third-order valence-electron chi connectivity index (χ3n) is 7.31. The smallest absolute Gasteiger partial charge is 0.336 e. The van der Waals surface area contributed by atoms with Gasteiger partial charge in [0.2, 0.25) is 5.88 Å². The van der Waals surface area contributed by atoms with Crippen LogP contribution in [0.5, 0.6) is 5.88 Å². The maximum atomic E-state index is 13.1. The van der Waals surface area contributed by atoms with Gasteiger partial charge in [0.15, 0.2) is 0 Å². The molecule has 0 unspecified atom stereocenters. The van der Waals surface area contributed by atoms with E-state index in [1.807, 2.05) is 58.9 Å². The largest absolute Gasteiger partial charge is 0.459 e. The normalized spacial score (nSPS) is 14.3. The zero-order valence-corrected chi connectivity index (χ0v) is 25.3. The molecule has 0 aliphatic heterocycles. The number of hydrogen-bond donors (Lipinski definition) is 0. The summed E-state index contributed by atoms with van der Waals surface area (Å²) in [7, 11) is 0. The molecule has 0 atom stereocenters. The predicted octanol–water partition coefficient (Wildman–Crippen LogP) is 7.92. The zero-order chi connectivity index (χ0) is 29.3. The number of aromatic nitrogens is 3. The van der Waals surface area contributed by atoms with E-state index in [9.17, 15) is 9.59 Å². The Labute approximate surface area is 245 Å². The van der Waals surface area contributed by atoms with Crippen LogP contribution in [-0.4, -0.2) is 32.1 Å². The molecular weight excluding hydrogens is 534 g/mol. The highest BCUT2D eigenvalue weighted by Gasteiger charge is 2.28. The lowest BCUT2D eigenvalue weighted by atomic mass is 9.83. The molecule has 7 nitrogen and oxygen atoms in total. The van der Waals surface area contributed by atoms with Gasteiger partial charge in [0.25, 0.3) is 0 Å². The second-order valence-corrected chi connectivity index (χ2v) is 12.9. The van der Waals surface area contributed by atoms with E-state index in [1.54, 1.807) is 15.9 Å². The van der Waals surface area contributed by atoms with Gasteiger partial charge in [0.05, 0.1) is 32.5 Å². The number of carbonyl (C=O) groups excluding carboxylic acids is 2. The average Bonchev–Trinajstić information content (AvgIpc) is 3.45. The van der Waals surface area contributed by atoms with Gasteiger partial charge in [-0.3, -0.25) is 4.79 Å². The SMILES string of the molecule is C=CC(=O)Oc1cc(C2CCCCC2)c(-c2ccc3nc(-c4sc(C)nc4C)ccc3c2)n1CC(=O)OC(C)(C)C. The van der Waals surface area contributed by atoms with Crippen LogP contribution >= 0.6 is 11.3 Å². The number of esters is 2. The van der Waals surface area contributed by atoms with Gasteiger partial charge in [0, 0.05) is 17.5 Å². The van der Waals surface area contributed by atoms with Crippen molar-refractivity contribution in [1.82, 2.24) is 14.5 Å². The standard InChI is InChI=1S/C33H37N3O4S/c1-7-29(37)39-28-18-25(22-11-9-8-10-12-22)31(36(28)19-30(38)40-33(4,5)6)24-14-15-26-23(17-24)13-16-27(35-26)32-20(2)34-21(3)41-32/h7,13-18,22H,1,8-12,19H2,2-6H3. The summed E-state index contributed by atoms with van der Waals surface area (Å²) in [6.45, 7) is 13.0. The minimum atomic E-state index is -0.643. The number of hydrogen-bond acceptors (Lipinski definition) is 7. The minimum absolute atomic E-state index is 0.0850. The van der Waals surface area contributed by atoms with Gasteiger partial charge < -0.3 is 14.0 Å². The molecule has 0 spiro atoms. The topological polar surface area (TPSA) is 83.3 Å². The Morgan fingerprint density at radius 1 is 1.07 bits per heavy atom. The monoisotopic (exact) mass is 571 g/mol. The quantitative estimate of drug-likeness (QED) is 0.165. The lowest BCUT2D eigenvalue weighted by Gasteiger charge is -2.24. The van der Waals surface area contributed by atoms with Crippen molar-refractivity contribution in [3.05, 3.63) is 65.3 Å². The molecule has 0 radical (unpaired) electrons. The summed E-state index contributed by atoms with van der Waals surface area (Å²) in [5.41, 5.74) is 5.00. The molecule has 8 heteroatoms. The van der Waals surface area contributed by atoms with Crippen molar-refractivity contribution in [2.45, 2.75) is 84.8 Å². The van der Waals surface area contributed by atoms with Crippen molar-refractivity contribution in [2.75, 3.05) is 0 Å². The molecule has 1 aliphatic rings. The molecule has 41 heavy (non-hydrogen) atoms. The Balaban J connectivity index is 1.64. The summed E-state index contributed by atoms with van der Waals surface area (Å²) in [6, 6.07) is 12.2. The Kier molecular flexibility index (Phi) is 8.13. The van der Waals surface area contributed by atoms with Gasteiger partial charge in [-0.15, -0.1) is 11.3 Å². The van der Waals surface area contributed by atoms with Crippen molar-refractivity contribution in [1.29, 1.82) is 0 Å². The second kappa shape index (κ2) is 11.6. The molecule has 0 bridgehead atoms. The summed E-state index contributed by atoms with van der Waals surface area (Å²) in [5.74, 6) is -0.351. The Morgan fingerprint density at radius 3 is 2.49 bits per heavy atom. The molecule has 1 aliphatic carbocycles. The first kappa shape index (κ1) is 28.7. The van der Waals surface area contributed by atoms with Gasteiger partial charge in [-0.25, -0.2) is 14.8 Å². The van der Waals surface area contributed by atoms with Crippen LogP contribution in [0, 0.1) is 13.8 Å². The molecule has 1 fully saturated rings. The van der Waals surface area contributed by atoms with Crippen LogP contribution in [0.25, 0.3) is 32.7 Å². The summed E-state index contributed by atoms with van der Waals surface area (Å²) >= 11 is 1.65. The fourth-order valence-corrected chi connectivity index (χ4v) is 6.54. The summed E-state index contributed by atoms with van der Waals surface area (Å²) in [5, 5.41) is 2.00. The van der Waals surface area contributed by atoms with Crippen molar-refractivity contribution in [2.24, 2.45) is 0 Å². The number of aryl methyl sites for hydroxylation is 2. The number of thiazole rings is 1. The van der Waals surface area contributed by atoms with Gasteiger partial charge in [-0.2, -0.15) is 0 Å². The van der Waals surface area contributed by atoms with Gasteiger partial charge in [-0.05, 0) is 82.7 Å². The molecule has 4 aromatic rings. The molecule has 0 N–H and O–H groups in total. The van der Waals surface area contributed by atoms with Crippen molar-refractivity contribution >= 4 is 34.2 Å². The maximum absolute atomic E-state index is 13.1. The number of carbonyl (C=O) groups is 2. The average molecular weight is 572 g/mol. The number of pyridine rings is 1. The summed E-state index contributed by atoms with van der Waals surface area (Å²) in [6.07, 6.45) is 6.73. The fraction of sp³-hybridized carbons (Fsp3) is 0.394. The van der Waals surface area contributed by atoms with Crippen molar-refractivity contribution in [3.63, 3.8) is 0 Å². The van der Waals surface area contributed by atoms with E-state index in [4.69, 9.17) is 14.5 Å². The third kappa shape index (κ3) is 6.43. The maximum Gasteiger partial charge on any atom is 0.336 e. The van der Waals surface area contributed by atoms with E-state index in [1.165, 1.54) is 6.42 Å². The van der Waals surface area contributed by atoms with Crippen LogP contribution < -0.4 is 4.74 Å². The van der Waals surface area contributed by atoms with E-state index in [-0.39, 0.29) is 6.54 Å². The van der Waals surface area contributed by atoms with Crippen LogP contribution in [0.4, 0.5) is 0 Å². The molecule has 3 aromatic heterocycles. The van der Waals surface area contributed by atoms with Crippen LogP contribution in [0.15, 0.2) is 49.1 Å². The summed E-state index contributed by atoms with van der Waals surface area (Å²) < 4.78 is 13.2. The molecule has 214 valence electrons. The molecule has 1 aromatic carbocycles. The van der Waals surface area contributed by atoms with E-state index in [0.717, 1.165) is 80.8 Å². The Morgan fingerprint density at radius 2 is 1.83 bits per heavy atom. The lowest BCUT2D eigenvalue weighted by Crippen LogP contribution is -2.27. The van der Waals surface area contributed by atoms with E-state index in [0.29, 0.717) is 11.8 Å². The number of nitrogens with zero attached hydrogens (tertiary/aromatic N) is 3. The highest BCUT2D eigenvalue weighted by Crippen LogP contribution is 2.43. The van der Waals surface area contributed by atoms with Gasteiger partial charge >= 0.3 is 11.9 Å². The first-order chi connectivity index (χ1) is 19.5. The van der Waals surface area contributed by atoms with Crippen LogP contribution in [0.2, 0.25) is 0 Å². The van der Waals surface area contributed by atoms with Crippen LogP contribution in [0.1, 0.15) is 75.1 Å². The van der Waals surface area contributed by atoms with Crippen LogP contribution in [0.3, 0.4) is 0 Å². The Bertz CT molecular complexity index is 1620. The zero-order valence-electron chi connectivity index (χ0n) is 24.5. The lowest BCUT2D eigenvalue weighted by molar-refractivity contribution is -0.155. The molecule has 1 saturated carbocycles. The first-order valence-corrected chi connectivity index (χ1v) is 15.0. The highest BCUT2D eigenvalue weighted by molar-refractivity contribution is 7.15. The number of ether oxygens (including phenoxy) is 2. The van der Waals surface area contributed by atoms with Gasteiger partial charge in [-0.1, -0.05) is 38.0 Å². The Hall–Kier alpha value is -3.78. The van der Waals surface area contributed by atoms with Gasteiger partial charge in [0.1, 0.15) is 12.1 Å². The first-order valence-electron chi connectivity index (χ1n) is 14.2. The molecular formula is C33H37N3O4S. The van der Waals surface area contributed by atoms with E-state index >= 15 is 0 Å². The molecule has 5 rings (SSSR count). The summed E-state index contributed by atoms with van der Waals surface area (Å²) in [4.78, 5) is 36.0.